The van der Waals surface area contributed by atoms with Gasteiger partial charge in [0.1, 0.15) is 0 Å². The van der Waals surface area contributed by atoms with E-state index in [4.69, 9.17) is 0 Å². The van der Waals surface area contributed by atoms with E-state index in [0.717, 1.165) is 49.7 Å². The number of rotatable bonds is 7. The lowest BCUT2D eigenvalue weighted by Crippen LogP contribution is -2.23. The third-order valence-electron chi connectivity index (χ3n) is 7.65. The molecule has 3 rings (SSSR count). The van der Waals surface area contributed by atoms with Crippen molar-refractivity contribution in [3.63, 3.8) is 0 Å². The van der Waals surface area contributed by atoms with Crippen LogP contribution < -0.4 is 4.74 Å². The van der Waals surface area contributed by atoms with Crippen molar-refractivity contribution < 1.29 is 26.7 Å². The molecule has 0 aliphatic heterocycles. The molecule has 2 aliphatic carbocycles. The molecule has 0 spiro atoms. The van der Waals surface area contributed by atoms with Crippen molar-refractivity contribution in [2.45, 2.75) is 96.8 Å². The Labute approximate surface area is 182 Å². The minimum Gasteiger partial charge on any atom is -0.399 e. The van der Waals surface area contributed by atoms with Crippen LogP contribution in [0.3, 0.4) is 0 Å². The van der Waals surface area contributed by atoms with Gasteiger partial charge in [0.15, 0.2) is 11.6 Å². The number of hydrogen-bond donors (Lipinski definition) is 0. The Hall–Kier alpha value is -1.33. The van der Waals surface area contributed by atoms with E-state index in [0.29, 0.717) is 17.4 Å². The molecule has 0 saturated heterocycles. The van der Waals surface area contributed by atoms with Gasteiger partial charge in [-0.2, -0.15) is 0 Å². The van der Waals surface area contributed by atoms with Crippen LogP contribution in [0.25, 0.3) is 0 Å². The van der Waals surface area contributed by atoms with Gasteiger partial charge in [0.05, 0.1) is 0 Å². The van der Waals surface area contributed by atoms with Gasteiger partial charge in [0.2, 0.25) is 5.75 Å². The average Bonchev–Trinajstić information content (AvgIpc) is 2.71. The topological polar surface area (TPSA) is 9.23 Å². The first-order chi connectivity index (χ1) is 14.7. The standard InChI is InChI=1S/C25H35F5O/c1-3-4-17-5-9-19(10-6-17)16(2)13-18-7-11-20(12-8-18)21-14-22(26)24(23(27)15-21)31-25(28,29)30/h14-20H,3-13H2,1-2H3. The van der Waals surface area contributed by atoms with Gasteiger partial charge in [-0.1, -0.05) is 39.5 Å². The van der Waals surface area contributed by atoms with E-state index in [2.05, 4.69) is 18.6 Å². The van der Waals surface area contributed by atoms with Crippen LogP contribution in [0, 0.1) is 35.3 Å². The molecule has 1 unspecified atom stereocenters. The monoisotopic (exact) mass is 446 g/mol. The highest BCUT2D eigenvalue weighted by atomic mass is 19.4. The second-order valence-corrected chi connectivity index (χ2v) is 9.86. The molecule has 1 aromatic carbocycles. The van der Waals surface area contributed by atoms with Crippen molar-refractivity contribution in [3.8, 4) is 5.75 Å². The molecule has 0 N–H and O–H groups in total. The maximum Gasteiger partial charge on any atom is 0.573 e. The van der Waals surface area contributed by atoms with Crippen molar-refractivity contribution in [1.29, 1.82) is 0 Å². The smallest absolute Gasteiger partial charge is 0.399 e. The number of benzene rings is 1. The van der Waals surface area contributed by atoms with E-state index in [1.165, 1.54) is 44.9 Å². The van der Waals surface area contributed by atoms with Crippen LogP contribution in [0.15, 0.2) is 12.1 Å². The Morgan fingerprint density at radius 1 is 0.903 bits per heavy atom. The molecule has 0 radical (unpaired) electrons. The van der Waals surface area contributed by atoms with E-state index < -0.39 is 23.7 Å². The van der Waals surface area contributed by atoms with Gasteiger partial charge in [0.25, 0.3) is 0 Å². The first-order valence-corrected chi connectivity index (χ1v) is 11.9. The highest BCUT2D eigenvalue weighted by Crippen LogP contribution is 2.43. The van der Waals surface area contributed by atoms with Gasteiger partial charge in [-0.3, -0.25) is 0 Å². The molecule has 6 heteroatoms. The lowest BCUT2D eigenvalue weighted by molar-refractivity contribution is -0.276. The molecule has 1 nitrogen and oxygen atoms in total. The van der Waals surface area contributed by atoms with Crippen LogP contribution >= 0.6 is 0 Å². The molecule has 0 amide bonds. The Kier molecular flexibility index (Phi) is 8.25. The molecule has 2 fully saturated rings. The van der Waals surface area contributed by atoms with Crippen molar-refractivity contribution in [2.75, 3.05) is 0 Å². The molecule has 2 saturated carbocycles. The summed E-state index contributed by atoms with van der Waals surface area (Å²) in [4.78, 5) is 0. The summed E-state index contributed by atoms with van der Waals surface area (Å²) in [6.07, 6.45) is 7.77. The number of alkyl halides is 3. The third-order valence-corrected chi connectivity index (χ3v) is 7.65. The van der Waals surface area contributed by atoms with E-state index in [1.807, 2.05) is 0 Å². The SMILES string of the molecule is CCCC1CCC(C(C)CC2CCC(c3cc(F)c(OC(F)(F)F)c(F)c3)CC2)CC1. The fourth-order valence-corrected chi connectivity index (χ4v) is 5.93. The van der Waals surface area contributed by atoms with Crippen LogP contribution in [0.1, 0.15) is 96.0 Å². The maximum absolute atomic E-state index is 14.1. The zero-order chi connectivity index (χ0) is 22.6. The largest absolute Gasteiger partial charge is 0.573 e. The molecule has 0 heterocycles. The first-order valence-electron chi connectivity index (χ1n) is 11.9. The quantitative estimate of drug-likeness (QED) is 0.380. The lowest BCUT2D eigenvalue weighted by atomic mass is 9.70. The van der Waals surface area contributed by atoms with Crippen molar-refractivity contribution in [3.05, 3.63) is 29.3 Å². The molecule has 0 bridgehead atoms. The molecule has 1 aromatic rings. The lowest BCUT2D eigenvalue weighted by Gasteiger charge is -2.36. The highest BCUT2D eigenvalue weighted by molar-refractivity contribution is 5.33. The summed E-state index contributed by atoms with van der Waals surface area (Å²) in [6, 6.07) is 2.01. The van der Waals surface area contributed by atoms with Crippen LogP contribution in [0.4, 0.5) is 22.0 Å². The fraction of sp³-hybridized carbons (Fsp3) is 0.760. The summed E-state index contributed by atoms with van der Waals surface area (Å²) >= 11 is 0. The Balaban J connectivity index is 1.49. The third kappa shape index (κ3) is 6.82. The fourth-order valence-electron chi connectivity index (χ4n) is 5.93. The number of hydrogen-bond acceptors (Lipinski definition) is 1. The van der Waals surface area contributed by atoms with Crippen LogP contribution in [0.5, 0.6) is 5.75 Å². The Morgan fingerprint density at radius 3 is 1.97 bits per heavy atom. The summed E-state index contributed by atoms with van der Waals surface area (Å²) < 4.78 is 68.6. The predicted molar refractivity (Wildman–Crippen MR) is 112 cm³/mol. The summed E-state index contributed by atoms with van der Waals surface area (Å²) in [5, 5.41) is 0. The van der Waals surface area contributed by atoms with Gasteiger partial charge >= 0.3 is 6.36 Å². The molecular weight excluding hydrogens is 411 g/mol. The predicted octanol–water partition coefficient (Wildman–Crippen LogP) is 8.77. The van der Waals surface area contributed by atoms with Gasteiger partial charge in [-0.15, -0.1) is 13.2 Å². The van der Waals surface area contributed by atoms with Gasteiger partial charge < -0.3 is 4.74 Å². The summed E-state index contributed by atoms with van der Waals surface area (Å²) in [7, 11) is 0. The minimum atomic E-state index is -5.12. The highest BCUT2D eigenvalue weighted by Gasteiger charge is 2.35. The number of ether oxygens (including phenoxy) is 1. The summed E-state index contributed by atoms with van der Waals surface area (Å²) in [5.74, 6) is -0.899. The molecule has 0 aromatic heterocycles. The molecule has 2 aliphatic rings. The first kappa shape index (κ1) is 24.3. The summed E-state index contributed by atoms with van der Waals surface area (Å²) in [5.41, 5.74) is 0.435. The average molecular weight is 447 g/mol. The van der Waals surface area contributed by atoms with E-state index in [1.54, 1.807) is 0 Å². The molecule has 176 valence electrons. The zero-order valence-electron chi connectivity index (χ0n) is 18.6. The van der Waals surface area contributed by atoms with E-state index in [9.17, 15) is 22.0 Å². The molecule has 31 heavy (non-hydrogen) atoms. The Bertz CT molecular complexity index is 677. The zero-order valence-corrected chi connectivity index (χ0v) is 18.6. The maximum atomic E-state index is 14.1. The normalized spacial score (nSPS) is 28.4. The Morgan fingerprint density at radius 2 is 1.45 bits per heavy atom. The number of halogens is 5. The molecule has 1 atom stereocenters. The van der Waals surface area contributed by atoms with Crippen molar-refractivity contribution >= 4 is 0 Å². The minimum absolute atomic E-state index is 0.0139. The van der Waals surface area contributed by atoms with Crippen LogP contribution in [-0.2, 0) is 0 Å². The second-order valence-electron chi connectivity index (χ2n) is 9.86. The van der Waals surface area contributed by atoms with Gasteiger partial charge in [0, 0.05) is 0 Å². The van der Waals surface area contributed by atoms with Gasteiger partial charge in [-0.05, 0) is 92.2 Å². The molecular formula is C25H35F5O. The van der Waals surface area contributed by atoms with Gasteiger partial charge in [-0.25, -0.2) is 8.78 Å². The van der Waals surface area contributed by atoms with Crippen molar-refractivity contribution in [2.24, 2.45) is 23.7 Å². The van der Waals surface area contributed by atoms with E-state index >= 15 is 0 Å². The summed E-state index contributed by atoms with van der Waals surface area (Å²) in [6.45, 7) is 4.64. The second kappa shape index (κ2) is 10.5. The van der Waals surface area contributed by atoms with E-state index in [-0.39, 0.29) is 5.92 Å². The van der Waals surface area contributed by atoms with Crippen molar-refractivity contribution in [1.82, 2.24) is 0 Å². The van der Waals surface area contributed by atoms with Crippen LogP contribution in [0.2, 0.25) is 0 Å². The van der Waals surface area contributed by atoms with Crippen LogP contribution in [-0.4, -0.2) is 6.36 Å².